The van der Waals surface area contributed by atoms with E-state index < -0.39 is 0 Å². The van der Waals surface area contributed by atoms with Crippen molar-refractivity contribution in [3.8, 4) is 0 Å². The van der Waals surface area contributed by atoms with Crippen molar-refractivity contribution in [2.24, 2.45) is 4.99 Å². The molecule has 1 aliphatic heterocycles. The van der Waals surface area contributed by atoms with E-state index in [0.717, 1.165) is 45.1 Å². The van der Waals surface area contributed by atoms with Gasteiger partial charge in [0.1, 0.15) is 0 Å². The first-order valence-corrected chi connectivity index (χ1v) is 8.90. The van der Waals surface area contributed by atoms with Gasteiger partial charge in [-0.3, -0.25) is 4.99 Å². The van der Waals surface area contributed by atoms with Crippen molar-refractivity contribution >= 4 is 29.9 Å². The van der Waals surface area contributed by atoms with Crippen LogP contribution in [0.25, 0.3) is 0 Å². The number of hydrogen-bond acceptors (Lipinski definition) is 2. The van der Waals surface area contributed by atoms with E-state index in [2.05, 4.69) is 57.0 Å². The van der Waals surface area contributed by atoms with E-state index in [9.17, 15) is 0 Å². The second kappa shape index (κ2) is 10.4. The smallest absolute Gasteiger partial charge is 0.193 e. The van der Waals surface area contributed by atoms with E-state index >= 15 is 0 Å². The van der Waals surface area contributed by atoms with Gasteiger partial charge in [0, 0.05) is 51.0 Å². The zero-order valence-corrected chi connectivity index (χ0v) is 17.2. The second-order valence-electron chi connectivity index (χ2n) is 6.23. The van der Waals surface area contributed by atoms with Gasteiger partial charge in [0.15, 0.2) is 5.96 Å². The molecule has 3 rings (SSSR count). The van der Waals surface area contributed by atoms with E-state index in [0.29, 0.717) is 5.92 Å². The summed E-state index contributed by atoms with van der Waals surface area (Å²) in [4.78, 5) is 11.3. The van der Waals surface area contributed by atoms with Crippen molar-refractivity contribution in [3.05, 3.63) is 54.6 Å². The first-order chi connectivity index (χ1) is 11.9. The highest BCUT2D eigenvalue weighted by Crippen LogP contribution is 2.26. The highest BCUT2D eigenvalue weighted by Gasteiger charge is 2.25. The number of benzene rings is 1. The van der Waals surface area contributed by atoms with Gasteiger partial charge in [-0.25, -0.2) is 4.98 Å². The molecule has 6 heteroatoms. The number of aryl methyl sites for hydroxylation is 1. The van der Waals surface area contributed by atoms with Gasteiger partial charge in [-0.05, 0) is 25.3 Å². The van der Waals surface area contributed by atoms with E-state index in [4.69, 9.17) is 4.99 Å². The number of guanidine groups is 1. The molecule has 2 heterocycles. The van der Waals surface area contributed by atoms with Crippen LogP contribution in [0.5, 0.6) is 0 Å². The van der Waals surface area contributed by atoms with Crippen LogP contribution in [0, 0.1) is 0 Å². The van der Waals surface area contributed by atoms with Crippen molar-refractivity contribution < 1.29 is 0 Å². The Labute approximate surface area is 167 Å². The van der Waals surface area contributed by atoms with Gasteiger partial charge in [-0.2, -0.15) is 0 Å². The van der Waals surface area contributed by atoms with E-state index in [1.54, 1.807) is 0 Å². The van der Waals surface area contributed by atoms with Crippen LogP contribution in [0.3, 0.4) is 0 Å². The molecule has 1 aromatic heterocycles. The summed E-state index contributed by atoms with van der Waals surface area (Å²) in [5.41, 5.74) is 1.44. The van der Waals surface area contributed by atoms with E-state index in [-0.39, 0.29) is 24.0 Å². The highest BCUT2D eigenvalue weighted by molar-refractivity contribution is 14.0. The largest absolute Gasteiger partial charge is 0.357 e. The number of nitrogens with one attached hydrogen (secondary N) is 1. The van der Waals surface area contributed by atoms with Gasteiger partial charge >= 0.3 is 0 Å². The van der Waals surface area contributed by atoms with Crippen LogP contribution in [-0.4, -0.2) is 46.6 Å². The molecule has 25 heavy (non-hydrogen) atoms. The first kappa shape index (κ1) is 19.8. The molecule has 0 saturated carbocycles. The maximum absolute atomic E-state index is 4.82. The van der Waals surface area contributed by atoms with Gasteiger partial charge in [0.2, 0.25) is 0 Å². The normalized spacial score (nSPS) is 17.4. The summed E-state index contributed by atoms with van der Waals surface area (Å²) in [6, 6.07) is 10.8. The molecular formula is C19H28IN5. The minimum atomic E-state index is 0. The Morgan fingerprint density at radius 3 is 2.88 bits per heavy atom. The summed E-state index contributed by atoms with van der Waals surface area (Å²) >= 11 is 0. The Hall–Kier alpha value is -1.57. The lowest BCUT2D eigenvalue weighted by Crippen LogP contribution is -2.40. The van der Waals surface area contributed by atoms with Crippen molar-refractivity contribution in [1.29, 1.82) is 0 Å². The highest BCUT2D eigenvalue weighted by atomic mass is 127. The van der Waals surface area contributed by atoms with Crippen molar-refractivity contribution in [2.75, 3.05) is 26.2 Å². The molecule has 0 bridgehead atoms. The van der Waals surface area contributed by atoms with Gasteiger partial charge < -0.3 is 14.8 Å². The van der Waals surface area contributed by atoms with Gasteiger partial charge in [0.05, 0.1) is 6.33 Å². The Bertz CT molecular complexity index is 627. The average molecular weight is 453 g/mol. The Balaban J connectivity index is 0.00000225. The third-order valence-electron chi connectivity index (χ3n) is 4.49. The third-order valence-corrected chi connectivity index (χ3v) is 4.49. The van der Waals surface area contributed by atoms with Crippen LogP contribution in [0.15, 0.2) is 54.0 Å². The van der Waals surface area contributed by atoms with Crippen LogP contribution >= 0.6 is 24.0 Å². The van der Waals surface area contributed by atoms with Crippen LogP contribution in [0.2, 0.25) is 0 Å². The molecule has 1 unspecified atom stereocenters. The minimum Gasteiger partial charge on any atom is -0.357 e. The Kier molecular flexibility index (Phi) is 8.24. The quantitative estimate of drug-likeness (QED) is 0.316. The molecule has 1 aliphatic rings. The zero-order valence-electron chi connectivity index (χ0n) is 14.8. The number of aromatic nitrogens is 2. The van der Waals surface area contributed by atoms with Crippen molar-refractivity contribution in [3.63, 3.8) is 0 Å². The summed E-state index contributed by atoms with van der Waals surface area (Å²) in [5.74, 6) is 1.67. The number of aliphatic imine (C=N–C) groups is 1. The van der Waals surface area contributed by atoms with Gasteiger partial charge in [-0.15, -0.1) is 24.0 Å². The number of nitrogens with zero attached hydrogens (tertiary/aromatic N) is 4. The maximum atomic E-state index is 4.82. The molecule has 0 radical (unpaired) electrons. The third kappa shape index (κ3) is 5.73. The maximum Gasteiger partial charge on any atom is 0.193 e. The predicted molar refractivity (Wildman–Crippen MR) is 114 cm³/mol. The monoisotopic (exact) mass is 453 g/mol. The minimum absolute atomic E-state index is 0. The fraction of sp³-hybridized carbons (Fsp3) is 0.474. The molecule has 2 aromatic rings. The number of rotatable bonds is 6. The second-order valence-corrected chi connectivity index (χ2v) is 6.23. The van der Waals surface area contributed by atoms with Crippen molar-refractivity contribution in [2.45, 2.75) is 32.2 Å². The molecule has 0 aliphatic carbocycles. The summed E-state index contributed by atoms with van der Waals surface area (Å²) in [7, 11) is 0. The van der Waals surface area contributed by atoms with Crippen LogP contribution in [-0.2, 0) is 6.54 Å². The number of hydrogen-bond donors (Lipinski definition) is 1. The van der Waals surface area contributed by atoms with Gasteiger partial charge in [-0.1, -0.05) is 30.3 Å². The Morgan fingerprint density at radius 2 is 2.16 bits per heavy atom. The molecule has 136 valence electrons. The first-order valence-electron chi connectivity index (χ1n) is 8.90. The summed E-state index contributed by atoms with van der Waals surface area (Å²) < 4.78 is 2.10. The predicted octanol–water partition coefficient (Wildman–Crippen LogP) is 3.35. The molecule has 1 fully saturated rings. The SMILES string of the molecule is CCNC(=NCCCn1ccnc1)N1CCC(c2ccccc2)C1.I. The van der Waals surface area contributed by atoms with E-state index in [1.165, 1.54) is 12.0 Å². The fourth-order valence-corrected chi connectivity index (χ4v) is 3.23. The average Bonchev–Trinajstić information content (AvgIpc) is 3.30. The molecule has 1 saturated heterocycles. The van der Waals surface area contributed by atoms with Gasteiger partial charge in [0.25, 0.3) is 0 Å². The molecule has 0 spiro atoms. The number of halogens is 1. The molecule has 1 aromatic carbocycles. The summed E-state index contributed by atoms with van der Waals surface area (Å²) in [6.07, 6.45) is 7.91. The molecule has 5 nitrogen and oxygen atoms in total. The van der Waals surface area contributed by atoms with Crippen LogP contribution in [0.1, 0.15) is 31.2 Å². The summed E-state index contributed by atoms with van der Waals surface area (Å²) in [5, 5.41) is 3.45. The Morgan fingerprint density at radius 1 is 1.32 bits per heavy atom. The molecule has 1 N–H and O–H groups in total. The summed E-state index contributed by atoms with van der Waals surface area (Å²) in [6.45, 7) is 6.98. The lowest BCUT2D eigenvalue weighted by atomic mass is 9.99. The molecule has 0 amide bonds. The molecular weight excluding hydrogens is 425 g/mol. The lowest BCUT2D eigenvalue weighted by molar-refractivity contribution is 0.485. The fourth-order valence-electron chi connectivity index (χ4n) is 3.23. The topological polar surface area (TPSA) is 45.5 Å². The van der Waals surface area contributed by atoms with Crippen LogP contribution in [0.4, 0.5) is 0 Å². The number of imidazole rings is 1. The van der Waals surface area contributed by atoms with Crippen molar-refractivity contribution in [1.82, 2.24) is 19.8 Å². The standard InChI is InChI=1S/C19H27N5.HI/c1-2-21-19(22-10-6-12-23-14-11-20-16-23)24-13-9-18(15-24)17-7-4-3-5-8-17;/h3-5,7-8,11,14,16,18H,2,6,9-10,12-13,15H2,1H3,(H,21,22);1H. The number of likely N-dealkylation sites (tertiary alicyclic amines) is 1. The van der Waals surface area contributed by atoms with Crippen LogP contribution < -0.4 is 5.32 Å². The van der Waals surface area contributed by atoms with E-state index in [1.807, 2.05) is 18.7 Å². The lowest BCUT2D eigenvalue weighted by Gasteiger charge is -2.21. The zero-order chi connectivity index (χ0) is 16.6. The molecule has 1 atom stereocenters.